The van der Waals surface area contributed by atoms with Crippen LogP contribution in [-0.2, 0) is 10.4 Å². The fraction of sp³-hybridized carbons (Fsp3) is 0. The fourth-order valence-electron chi connectivity index (χ4n) is 0. The molecule has 0 saturated carbocycles. The van der Waals surface area contributed by atoms with Gasteiger partial charge in [-0.05, 0) is 0 Å². The van der Waals surface area contributed by atoms with Gasteiger partial charge in [0.2, 0.25) is 0 Å². The van der Waals surface area contributed by atoms with Crippen molar-refractivity contribution < 1.29 is 135 Å². The molecule has 2 N–H and O–H groups in total. The van der Waals surface area contributed by atoms with Crippen LogP contribution in [0.3, 0.4) is 0 Å². The molecule has 11 heavy (non-hydrogen) atoms. The van der Waals surface area contributed by atoms with Crippen molar-refractivity contribution in [2.45, 2.75) is 0 Å². The first kappa shape index (κ1) is 23.3. The van der Waals surface area contributed by atoms with Crippen molar-refractivity contribution in [3.8, 4) is 0 Å². The molecule has 0 fully saturated rings. The van der Waals surface area contributed by atoms with E-state index in [1.54, 1.807) is 0 Å². The minimum Gasteiger partial charge on any atom is -0.759 e. The summed E-state index contributed by atoms with van der Waals surface area (Å²) in [5.41, 5.74) is 0. The van der Waals surface area contributed by atoms with E-state index >= 15 is 0 Å². The molecule has 56 valence electrons. The predicted molar refractivity (Wildman–Crippen MR) is 21.1 cm³/mol. The zero-order valence-electron chi connectivity index (χ0n) is 5.84. The maximum atomic E-state index is 8.56. The molecule has 0 aromatic heterocycles. The molecule has 7 nitrogen and oxygen atoms in total. The molecule has 0 aliphatic rings. The van der Waals surface area contributed by atoms with Gasteiger partial charge in [0.1, 0.15) is 0 Å². The van der Waals surface area contributed by atoms with Gasteiger partial charge in [-0.15, -0.1) is 0 Å². The average Bonchev–Trinajstić information content (AvgIpc) is 1.19. The van der Waals surface area contributed by atoms with Crippen molar-refractivity contribution in [2.24, 2.45) is 0 Å². The number of carbonyl (C=O) groups is 1. The quantitative estimate of drug-likeness (QED) is 0.242. The summed E-state index contributed by atoms with van der Waals surface area (Å²) in [6.45, 7) is 0. The minimum atomic E-state index is -5.17. The summed E-state index contributed by atoms with van der Waals surface area (Å²) in [5.74, 6) is 0. The summed E-state index contributed by atoms with van der Waals surface area (Å²) >= 11 is 0. The van der Waals surface area contributed by atoms with Gasteiger partial charge in [0, 0.05) is 10.4 Å². The van der Waals surface area contributed by atoms with Gasteiger partial charge in [-0.25, -0.2) is 4.79 Å². The monoisotopic (exact) mass is 236 g/mol. The first-order chi connectivity index (χ1) is 3.73. The van der Waals surface area contributed by atoms with Crippen LogP contribution in [0.25, 0.3) is 0 Å². The van der Waals surface area contributed by atoms with Crippen LogP contribution in [0.15, 0.2) is 0 Å². The minimum absolute atomic E-state index is 0. The number of carboxylic acid groups (broad SMARTS) is 2. The molecule has 0 rings (SSSR count). The Morgan fingerprint density at radius 2 is 1.09 bits per heavy atom. The summed E-state index contributed by atoms with van der Waals surface area (Å²) < 4.78 is 34.1. The molecule has 0 bridgehead atoms. The second kappa shape index (κ2) is 12.4. The zero-order chi connectivity index (χ0) is 8.08. The fourth-order valence-corrected chi connectivity index (χ4v) is 0. The number of hydrogen-bond donors (Lipinski definition) is 2. The third-order valence-corrected chi connectivity index (χ3v) is 0. The van der Waals surface area contributed by atoms with Crippen LogP contribution < -0.4 is 103 Å². The van der Waals surface area contributed by atoms with E-state index in [4.69, 9.17) is 32.5 Å². The first-order valence-electron chi connectivity index (χ1n) is 1.32. The number of rotatable bonds is 0. The third-order valence-electron chi connectivity index (χ3n) is 0. The smallest absolute Gasteiger partial charge is 0.759 e. The van der Waals surface area contributed by atoms with Crippen molar-refractivity contribution in [3.05, 3.63) is 0 Å². The van der Waals surface area contributed by atoms with Crippen molar-refractivity contribution in [2.75, 3.05) is 0 Å². The molecule has 0 aliphatic carbocycles. The predicted octanol–water partition coefficient (Wildman–Crippen LogP) is -7.11. The topological polar surface area (TPSA) is 138 Å². The molecule has 0 heterocycles. The normalized spacial score (nSPS) is 7.45. The van der Waals surface area contributed by atoms with Crippen molar-refractivity contribution in [1.29, 1.82) is 0 Å². The maximum absolute atomic E-state index is 8.56. The Morgan fingerprint density at radius 1 is 1.09 bits per heavy atom. The molecule has 0 aromatic rings. The molecule has 0 saturated heterocycles. The van der Waals surface area contributed by atoms with E-state index in [0.29, 0.717) is 0 Å². The standard InChI is InChI=1S/CH2O3.2K.H2O4S/c2-1(3)4;;;1-5(2,3)4/h(H2,2,3,4);;;(H2,1,2,3,4)/q;2*+1;/p-2. The second-order valence-corrected chi connectivity index (χ2v) is 1.51. The Hall–Kier alpha value is 2.41. The Morgan fingerprint density at radius 3 is 1.09 bits per heavy atom. The van der Waals surface area contributed by atoms with Gasteiger partial charge >= 0.3 is 109 Å². The van der Waals surface area contributed by atoms with E-state index in [2.05, 4.69) is 0 Å². The summed E-state index contributed by atoms with van der Waals surface area (Å²) in [6, 6.07) is 0. The number of hydrogen-bond acceptors (Lipinski definition) is 5. The Bertz CT molecular complexity index is 159. The first-order valence-corrected chi connectivity index (χ1v) is 2.65. The van der Waals surface area contributed by atoms with Crippen LogP contribution >= 0.6 is 0 Å². The van der Waals surface area contributed by atoms with E-state index in [1.807, 2.05) is 0 Å². The molecule has 10 heteroatoms. The van der Waals surface area contributed by atoms with Crippen LogP contribution in [0.2, 0.25) is 0 Å². The molecule has 0 amide bonds. The second-order valence-electron chi connectivity index (χ2n) is 0.691. The van der Waals surface area contributed by atoms with Gasteiger partial charge in [0.25, 0.3) is 0 Å². The molecule has 0 atom stereocenters. The van der Waals surface area contributed by atoms with Crippen molar-refractivity contribution in [3.63, 3.8) is 0 Å². The molecule has 0 spiro atoms. The summed E-state index contributed by atoms with van der Waals surface area (Å²) in [5, 5.41) is 13.9. The van der Waals surface area contributed by atoms with Gasteiger partial charge < -0.3 is 19.3 Å². The Labute approximate surface area is 148 Å². The van der Waals surface area contributed by atoms with Crippen LogP contribution in [0, 0.1) is 0 Å². The van der Waals surface area contributed by atoms with Crippen LogP contribution in [0.4, 0.5) is 4.79 Å². The maximum Gasteiger partial charge on any atom is 1.00 e. The van der Waals surface area contributed by atoms with Gasteiger partial charge in [-0.1, -0.05) is 0 Å². The van der Waals surface area contributed by atoms with Gasteiger partial charge in [-0.2, -0.15) is 0 Å². The molecular weight excluding hydrogens is 234 g/mol. The van der Waals surface area contributed by atoms with Crippen molar-refractivity contribution in [1.82, 2.24) is 0 Å². The largest absolute Gasteiger partial charge is 1.00 e. The summed E-state index contributed by atoms with van der Waals surface area (Å²) in [6.07, 6.45) is -1.83. The molecular formula is CH2K2O7S. The van der Waals surface area contributed by atoms with E-state index in [-0.39, 0.29) is 103 Å². The summed E-state index contributed by atoms with van der Waals surface area (Å²) in [4.78, 5) is 8.56. The molecule has 0 aliphatic heterocycles. The Kier molecular flexibility index (Phi) is 26.3. The molecule has 0 radical (unpaired) electrons. The average molecular weight is 236 g/mol. The van der Waals surface area contributed by atoms with Gasteiger partial charge in [0.15, 0.2) is 0 Å². The van der Waals surface area contributed by atoms with E-state index in [1.165, 1.54) is 0 Å². The molecule has 0 unspecified atom stereocenters. The van der Waals surface area contributed by atoms with Crippen LogP contribution in [0.1, 0.15) is 0 Å². The van der Waals surface area contributed by atoms with E-state index in [9.17, 15) is 0 Å². The van der Waals surface area contributed by atoms with Crippen molar-refractivity contribution >= 4 is 16.6 Å². The van der Waals surface area contributed by atoms with Crippen LogP contribution in [-0.4, -0.2) is 33.9 Å². The Balaban J connectivity index is -0.0000000383. The third kappa shape index (κ3) is 231. The molecule has 0 aromatic carbocycles. The van der Waals surface area contributed by atoms with Crippen LogP contribution in [0.5, 0.6) is 0 Å². The SMILES string of the molecule is O=C(O)O.O=S(=O)([O-])[O-].[K+].[K+]. The van der Waals surface area contributed by atoms with Gasteiger partial charge in [0.05, 0.1) is 0 Å². The zero-order valence-corrected chi connectivity index (χ0v) is 12.9. The van der Waals surface area contributed by atoms with Gasteiger partial charge in [-0.3, -0.25) is 8.42 Å². The van der Waals surface area contributed by atoms with E-state index in [0.717, 1.165) is 0 Å². The van der Waals surface area contributed by atoms with E-state index < -0.39 is 16.6 Å². The summed E-state index contributed by atoms with van der Waals surface area (Å²) in [7, 11) is -5.17.